The van der Waals surface area contributed by atoms with E-state index < -0.39 is 12.0 Å². The fraction of sp³-hybridized carbons (Fsp3) is 0.846. The van der Waals surface area contributed by atoms with E-state index in [9.17, 15) is 9.59 Å². The maximum Gasteiger partial charge on any atom is 0.326 e. The Morgan fingerprint density at radius 1 is 1.30 bits per heavy atom. The number of rotatable bonds is 5. The number of hydrogen-bond donors (Lipinski definition) is 2. The van der Waals surface area contributed by atoms with E-state index in [2.05, 4.69) is 5.32 Å². The molecule has 20 heavy (non-hydrogen) atoms. The number of carbonyl (C=O) groups is 2. The molecular weight excluding hydrogens is 264 g/mol. The predicted octanol–water partition coefficient (Wildman–Crippen LogP) is 0.437. The van der Waals surface area contributed by atoms with E-state index in [4.69, 9.17) is 14.6 Å². The molecule has 0 aromatic heterocycles. The number of carboxylic acid groups (broad SMARTS) is 1. The summed E-state index contributed by atoms with van der Waals surface area (Å²) in [4.78, 5) is 24.7. The van der Waals surface area contributed by atoms with Crippen molar-refractivity contribution in [3.63, 3.8) is 0 Å². The van der Waals surface area contributed by atoms with E-state index in [0.29, 0.717) is 19.6 Å². The van der Waals surface area contributed by atoms with Crippen LogP contribution in [-0.2, 0) is 14.3 Å². The summed E-state index contributed by atoms with van der Waals surface area (Å²) in [7, 11) is 1.53. The Bertz CT molecular complexity index is 370. The van der Waals surface area contributed by atoms with E-state index in [0.717, 1.165) is 12.8 Å². The Morgan fingerprint density at radius 3 is 2.55 bits per heavy atom. The van der Waals surface area contributed by atoms with Gasteiger partial charge in [-0.1, -0.05) is 0 Å². The van der Waals surface area contributed by atoms with Gasteiger partial charge in [-0.2, -0.15) is 0 Å². The number of methoxy groups -OCH3 is 1. The van der Waals surface area contributed by atoms with Crippen LogP contribution in [0.1, 0.15) is 26.2 Å². The number of hydrogen-bond acceptors (Lipinski definition) is 4. The minimum atomic E-state index is -0.986. The van der Waals surface area contributed by atoms with Crippen molar-refractivity contribution in [2.24, 2.45) is 0 Å². The molecule has 7 nitrogen and oxygen atoms in total. The first kappa shape index (κ1) is 15.1. The van der Waals surface area contributed by atoms with Gasteiger partial charge in [0.2, 0.25) is 0 Å². The topological polar surface area (TPSA) is 88.1 Å². The average molecular weight is 286 g/mol. The number of nitrogens with one attached hydrogen (secondary N) is 1. The minimum absolute atomic E-state index is 0.0788. The van der Waals surface area contributed by atoms with Crippen molar-refractivity contribution in [2.45, 2.75) is 50.5 Å². The minimum Gasteiger partial charge on any atom is -0.480 e. The lowest BCUT2D eigenvalue weighted by molar-refractivity contribution is -0.141. The number of likely N-dealkylation sites (tertiary alicyclic amines) is 1. The fourth-order valence-electron chi connectivity index (χ4n) is 2.74. The van der Waals surface area contributed by atoms with Crippen LogP contribution in [-0.4, -0.2) is 66.6 Å². The summed E-state index contributed by atoms with van der Waals surface area (Å²) in [5.41, 5.74) is 0. The van der Waals surface area contributed by atoms with Crippen LogP contribution in [0, 0.1) is 0 Å². The van der Waals surface area contributed by atoms with Gasteiger partial charge in [0.15, 0.2) is 0 Å². The van der Waals surface area contributed by atoms with Gasteiger partial charge in [0.1, 0.15) is 6.04 Å². The summed E-state index contributed by atoms with van der Waals surface area (Å²) >= 11 is 0. The summed E-state index contributed by atoms with van der Waals surface area (Å²) in [6.45, 7) is 2.94. The third-order valence-electron chi connectivity index (χ3n) is 3.97. The smallest absolute Gasteiger partial charge is 0.326 e. The molecule has 1 saturated carbocycles. The molecule has 1 heterocycles. The molecule has 2 aliphatic rings. The Kier molecular flexibility index (Phi) is 4.82. The quantitative estimate of drug-likeness (QED) is 0.765. The lowest BCUT2D eigenvalue weighted by Gasteiger charge is -2.36. The van der Waals surface area contributed by atoms with Gasteiger partial charge in [-0.3, -0.25) is 0 Å². The van der Waals surface area contributed by atoms with Gasteiger partial charge in [0.25, 0.3) is 0 Å². The number of ether oxygens (including phenoxy) is 2. The van der Waals surface area contributed by atoms with Crippen LogP contribution in [0.5, 0.6) is 0 Å². The first-order chi connectivity index (χ1) is 9.55. The average Bonchev–Trinajstić information content (AvgIpc) is 2.80. The van der Waals surface area contributed by atoms with Crippen LogP contribution >= 0.6 is 0 Å². The van der Waals surface area contributed by atoms with Crippen LogP contribution in [0.3, 0.4) is 0 Å². The summed E-state index contributed by atoms with van der Waals surface area (Å²) in [5.74, 6) is -0.986. The van der Waals surface area contributed by atoms with Gasteiger partial charge < -0.3 is 24.8 Å². The highest BCUT2D eigenvalue weighted by Crippen LogP contribution is 2.25. The SMILES string of the molecule is CCOC1CC(NC(=O)N2CC(OC)CC2C(=O)O)C1. The molecule has 0 aromatic rings. The molecule has 1 aliphatic heterocycles. The van der Waals surface area contributed by atoms with Gasteiger partial charge in [-0.25, -0.2) is 9.59 Å². The second-order valence-corrected chi connectivity index (χ2v) is 5.29. The number of nitrogens with zero attached hydrogens (tertiary/aromatic N) is 1. The van der Waals surface area contributed by atoms with Gasteiger partial charge >= 0.3 is 12.0 Å². The highest BCUT2D eigenvalue weighted by Gasteiger charge is 2.41. The Hall–Kier alpha value is -1.34. The summed E-state index contributed by atoms with van der Waals surface area (Å²) in [5, 5.41) is 12.0. The van der Waals surface area contributed by atoms with Crippen molar-refractivity contribution in [1.29, 1.82) is 0 Å². The highest BCUT2D eigenvalue weighted by atomic mass is 16.5. The summed E-state index contributed by atoms with van der Waals surface area (Å²) in [6.07, 6.45) is 1.92. The maximum atomic E-state index is 12.1. The number of aliphatic carboxylic acids is 1. The molecule has 2 unspecified atom stereocenters. The molecule has 0 radical (unpaired) electrons. The fourth-order valence-corrected chi connectivity index (χ4v) is 2.74. The number of carboxylic acids is 1. The number of urea groups is 1. The molecule has 0 aromatic carbocycles. The molecule has 2 atom stereocenters. The zero-order valence-corrected chi connectivity index (χ0v) is 11.9. The number of carbonyl (C=O) groups excluding carboxylic acids is 1. The molecule has 1 saturated heterocycles. The van der Waals surface area contributed by atoms with E-state index in [-0.39, 0.29) is 24.3 Å². The van der Waals surface area contributed by atoms with Crippen LogP contribution in [0.15, 0.2) is 0 Å². The normalized spacial score (nSPS) is 32.8. The van der Waals surface area contributed by atoms with E-state index in [1.54, 1.807) is 0 Å². The van der Waals surface area contributed by atoms with Crippen molar-refractivity contribution < 1.29 is 24.2 Å². The number of amides is 2. The zero-order chi connectivity index (χ0) is 14.7. The third-order valence-corrected chi connectivity index (χ3v) is 3.97. The van der Waals surface area contributed by atoms with Crippen LogP contribution < -0.4 is 5.32 Å². The van der Waals surface area contributed by atoms with Gasteiger partial charge in [0.05, 0.1) is 12.2 Å². The third kappa shape index (κ3) is 3.21. The molecule has 0 spiro atoms. The van der Waals surface area contributed by atoms with E-state index in [1.165, 1.54) is 12.0 Å². The van der Waals surface area contributed by atoms with Crippen LogP contribution in [0.4, 0.5) is 4.79 Å². The molecule has 7 heteroatoms. The molecule has 2 rings (SSSR count). The lowest BCUT2D eigenvalue weighted by Crippen LogP contribution is -2.54. The first-order valence-corrected chi connectivity index (χ1v) is 6.99. The molecule has 2 amide bonds. The molecule has 2 N–H and O–H groups in total. The van der Waals surface area contributed by atoms with Crippen LogP contribution in [0.2, 0.25) is 0 Å². The van der Waals surface area contributed by atoms with Gasteiger partial charge in [-0.05, 0) is 19.8 Å². The monoisotopic (exact) mass is 286 g/mol. The molecule has 0 bridgehead atoms. The van der Waals surface area contributed by atoms with E-state index in [1.807, 2.05) is 6.92 Å². The second-order valence-electron chi connectivity index (χ2n) is 5.29. The lowest BCUT2D eigenvalue weighted by atomic mass is 9.89. The van der Waals surface area contributed by atoms with E-state index >= 15 is 0 Å². The van der Waals surface area contributed by atoms with Gasteiger partial charge in [-0.15, -0.1) is 0 Å². The van der Waals surface area contributed by atoms with Crippen molar-refractivity contribution >= 4 is 12.0 Å². The highest BCUT2D eigenvalue weighted by molar-refractivity contribution is 5.83. The van der Waals surface area contributed by atoms with Crippen molar-refractivity contribution in [1.82, 2.24) is 10.2 Å². The molecule has 114 valence electrons. The van der Waals surface area contributed by atoms with Crippen LogP contribution in [0.25, 0.3) is 0 Å². The summed E-state index contributed by atoms with van der Waals surface area (Å²) in [6, 6.07) is -1.05. The Balaban J connectivity index is 1.84. The van der Waals surface area contributed by atoms with Crippen molar-refractivity contribution in [2.75, 3.05) is 20.3 Å². The Morgan fingerprint density at radius 2 is 2.00 bits per heavy atom. The molecule has 1 aliphatic carbocycles. The first-order valence-electron chi connectivity index (χ1n) is 6.99. The molecular formula is C13H22N2O5. The molecule has 2 fully saturated rings. The predicted molar refractivity (Wildman–Crippen MR) is 70.5 cm³/mol. The maximum absolute atomic E-state index is 12.1. The zero-order valence-electron chi connectivity index (χ0n) is 11.9. The van der Waals surface area contributed by atoms with Crippen molar-refractivity contribution in [3.05, 3.63) is 0 Å². The summed E-state index contributed by atoms with van der Waals surface area (Å²) < 4.78 is 10.6. The second kappa shape index (κ2) is 6.41. The van der Waals surface area contributed by atoms with Gasteiger partial charge in [0, 0.05) is 32.7 Å². The van der Waals surface area contributed by atoms with Crippen molar-refractivity contribution in [3.8, 4) is 0 Å². The largest absolute Gasteiger partial charge is 0.480 e. The standard InChI is InChI=1S/C13H22N2O5/c1-3-20-9-4-8(5-9)14-13(18)15-7-10(19-2)6-11(15)12(16)17/h8-11H,3-7H2,1-2H3,(H,14,18)(H,16,17). The Labute approximate surface area is 118 Å².